The highest BCUT2D eigenvalue weighted by molar-refractivity contribution is 9.11. The Morgan fingerprint density at radius 3 is 1.75 bits per heavy atom. The van der Waals surface area contributed by atoms with Crippen LogP contribution >= 0.6 is 31.9 Å². The van der Waals surface area contributed by atoms with E-state index in [1.54, 1.807) is 9.03 Å². The predicted octanol–water partition coefficient (Wildman–Crippen LogP) is 3.09. The summed E-state index contributed by atoms with van der Waals surface area (Å²) in [6, 6.07) is 0.766. The quantitative estimate of drug-likeness (QED) is 0.120. The summed E-state index contributed by atoms with van der Waals surface area (Å²) in [5.74, 6) is 2.90. The van der Waals surface area contributed by atoms with Crippen LogP contribution in [0.2, 0.25) is 0 Å². The van der Waals surface area contributed by atoms with Crippen LogP contribution in [0.15, 0.2) is 21.3 Å². The Balaban J connectivity index is 0.000000205. The molecule has 51 heavy (non-hydrogen) atoms. The molecule has 0 saturated carbocycles. The van der Waals surface area contributed by atoms with Crippen LogP contribution in [0.1, 0.15) is 58.6 Å². The van der Waals surface area contributed by atoms with Crippen molar-refractivity contribution in [1.82, 2.24) is 45.1 Å². The van der Waals surface area contributed by atoms with Gasteiger partial charge in [0.15, 0.2) is 11.3 Å². The molecule has 18 heteroatoms. The van der Waals surface area contributed by atoms with Crippen molar-refractivity contribution in [3.8, 4) is 0 Å². The smallest absolute Gasteiger partial charge is 0.407 e. The summed E-state index contributed by atoms with van der Waals surface area (Å²) in [5, 5.41) is 18.4. The molecule has 0 unspecified atom stereocenters. The van der Waals surface area contributed by atoms with E-state index in [1.807, 2.05) is 33.2 Å². The molecule has 4 aromatic rings. The molecule has 6 heterocycles. The zero-order chi connectivity index (χ0) is 36.9. The number of hydrogen-bond donors (Lipinski definition) is 6. The van der Waals surface area contributed by atoms with E-state index >= 15 is 0 Å². The van der Waals surface area contributed by atoms with Crippen LogP contribution in [0.5, 0.6) is 0 Å². The van der Waals surface area contributed by atoms with Gasteiger partial charge in [-0.05, 0) is 78.3 Å². The number of alkyl carbamates (subject to hydrolysis) is 1. The molecule has 0 radical (unpaired) electrons. The number of nitrogens with one attached hydrogen (secondary N) is 3. The zero-order valence-electron chi connectivity index (χ0n) is 30.2. The Kier molecular flexibility index (Phi) is 12.9. The van der Waals surface area contributed by atoms with E-state index in [4.69, 9.17) is 31.9 Å². The summed E-state index contributed by atoms with van der Waals surface area (Å²) in [6.45, 7) is 16.0. The minimum absolute atomic E-state index is 0.317. The van der Waals surface area contributed by atoms with E-state index in [1.165, 1.54) is 0 Å². The fourth-order valence-corrected chi connectivity index (χ4v) is 7.27. The SMILES string of the molecule is CCc1cnn2c(N)c(Br)c(N3CC[C@H](NCCN)C3)nc12.CCc1cnn2c(N)c(Br)c(N3CC[C@H](NCCNC(=O)OC(C)(C)C)C3)nc12. The minimum Gasteiger partial charge on any atom is -0.444 e. The van der Waals surface area contributed by atoms with Gasteiger partial charge in [0, 0.05) is 75.6 Å². The Labute approximate surface area is 315 Å². The number of fused-ring (bicyclic) bond motifs is 2. The van der Waals surface area contributed by atoms with Gasteiger partial charge in [0.2, 0.25) is 0 Å². The first-order valence-corrected chi connectivity index (χ1v) is 19.2. The lowest BCUT2D eigenvalue weighted by Gasteiger charge is -2.21. The molecule has 16 nitrogen and oxygen atoms in total. The molecule has 2 fully saturated rings. The number of ether oxygens (including phenoxy) is 1. The van der Waals surface area contributed by atoms with Gasteiger partial charge >= 0.3 is 6.09 Å². The number of rotatable bonds is 11. The van der Waals surface area contributed by atoms with Gasteiger partial charge in [0.1, 0.15) is 37.8 Å². The first-order chi connectivity index (χ1) is 24.3. The highest BCUT2D eigenvalue weighted by Gasteiger charge is 2.28. The van der Waals surface area contributed by atoms with Crippen LogP contribution < -0.4 is 43.0 Å². The number of amides is 1. The summed E-state index contributed by atoms with van der Waals surface area (Å²) in [4.78, 5) is 25.8. The number of nitrogen functional groups attached to an aromatic ring is 2. The molecule has 280 valence electrons. The van der Waals surface area contributed by atoms with Gasteiger partial charge in [0.05, 0.1) is 12.4 Å². The topological polar surface area (TPSA) is 207 Å². The number of aromatic nitrogens is 6. The minimum atomic E-state index is -0.486. The molecular formula is C33H52Br2N14O2. The fraction of sp³-hybridized carbons (Fsp3) is 0.606. The second-order valence-electron chi connectivity index (χ2n) is 13.8. The van der Waals surface area contributed by atoms with Crippen LogP contribution in [0.4, 0.5) is 28.1 Å². The second-order valence-corrected chi connectivity index (χ2v) is 15.4. The van der Waals surface area contributed by atoms with Gasteiger partial charge in [-0.3, -0.25) is 0 Å². The molecule has 2 aliphatic heterocycles. The van der Waals surface area contributed by atoms with Crippen molar-refractivity contribution in [3.63, 3.8) is 0 Å². The highest BCUT2D eigenvalue weighted by Crippen LogP contribution is 2.34. The van der Waals surface area contributed by atoms with Crippen LogP contribution in [-0.2, 0) is 17.6 Å². The lowest BCUT2D eigenvalue weighted by atomic mass is 10.2. The van der Waals surface area contributed by atoms with Crippen molar-refractivity contribution in [2.75, 3.05) is 73.6 Å². The number of halogens is 2. The van der Waals surface area contributed by atoms with E-state index in [-0.39, 0.29) is 0 Å². The van der Waals surface area contributed by atoms with Crippen LogP contribution in [0.3, 0.4) is 0 Å². The van der Waals surface area contributed by atoms with E-state index in [0.29, 0.717) is 43.4 Å². The molecule has 0 aromatic carbocycles. The maximum absolute atomic E-state index is 11.7. The van der Waals surface area contributed by atoms with E-state index in [0.717, 1.165) is 101 Å². The van der Waals surface area contributed by atoms with Gasteiger partial charge in [-0.25, -0.2) is 14.8 Å². The van der Waals surface area contributed by atoms with Gasteiger partial charge in [0.25, 0.3) is 0 Å². The summed E-state index contributed by atoms with van der Waals surface area (Å²) < 4.78 is 10.2. The first-order valence-electron chi connectivity index (χ1n) is 17.6. The maximum atomic E-state index is 11.7. The third-order valence-electron chi connectivity index (χ3n) is 8.90. The second kappa shape index (κ2) is 16.9. The number of hydrogen-bond acceptors (Lipinski definition) is 13. The van der Waals surface area contributed by atoms with Gasteiger partial charge in [-0.15, -0.1) is 0 Å². The highest BCUT2D eigenvalue weighted by atomic mass is 79.9. The largest absolute Gasteiger partial charge is 0.444 e. The van der Waals surface area contributed by atoms with Crippen molar-refractivity contribution < 1.29 is 9.53 Å². The van der Waals surface area contributed by atoms with Gasteiger partial charge in [-0.2, -0.15) is 19.2 Å². The molecule has 2 saturated heterocycles. The Morgan fingerprint density at radius 2 is 1.31 bits per heavy atom. The number of nitrogens with two attached hydrogens (primary N) is 3. The van der Waals surface area contributed by atoms with E-state index in [2.05, 4.69) is 81.7 Å². The number of carbonyl (C=O) groups excluding carboxylic acids is 1. The van der Waals surface area contributed by atoms with Gasteiger partial charge < -0.3 is 47.7 Å². The van der Waals surface area contributed by atoms with Crippen LogP contribution in [0, 0.1) is 0 Å². The summed E-state index contributed by atoms with van der Waals surface area (Å²) >= 11 is 7.18. The van der Waals surface area contributed by atoms with Gasteiger partial charge in [-0.1, -0.05) is 13.8 Å². The molecule has 0 aliphatic carbocycles. The molecule has 4 aromatic heterocycles. The number of anilines is 4. The first kappa shape index (κ1) is 38.8. The van der Waals surface area contributed by atoms with E-state index in [9.17, 15) is 4.79 Å². The average Bonchev–Trinajstić information content (AvgIpc) is 3.91. The molecular weight excluding hydrogens is 784 g/mol. The Hall–Kier alpha value is -3.45. The standard InChI is InChI=1S/C19H30BrN7O2.C14H22BrN7/c1-5-12-10-24-27-15(21)14(20)17(25-16(12)27)26-9-6-13(11-26)22-7-8-23-18(28)29-19(2,3)4;1-2-9-7-19-22-12(17)11(15)14(20-13(9)22)21-6-3-10(8-21)18-5-4-16/h10,13,22H,5-9,11,21H2,1-4H3,(H,23,28);7,10,18H,2-6,8,16-17H2,1H3/t13-;10-/m00/s1. The molecule has 1 amide bonds. The fourth-order valence-electron chi connectivity index (χ4n) is 6.26. The summed E-state index contributed by atoms with van der Waals surface area (Å²) in [7, 11) is 0. The average molecular weight is 837 g/mol. The number of aryl methyl sites for hydroxylation is 2. The third-order valence-corrected chi connectivity index (χ3v) is 10.4. The Morgan fingerprint density at radius 1 is 0.843 bits per heavy atom. The number of nitrogens with zero attached hydrogens (tertiary/aromatic N) is 8. The molecule has 0 bridgehead atoms. The maximum Gasteiger partial charge on any atom is 0.407 e. The van der Waals surface area contributed by atoms with Crippen molar-refractivity contribution in [1.29, 1.82) is 0 Å². The predicted molar refractivity (Wildman–Crippen MR) is 209 cm³/mol. The van der Waals surface area contributed by atoms with Crippen molar-refractivity contribution in [3.05, 3.63) is 32.5 Å². The monoisotopic (exact) mass is 834 g/mol. The van der Waals surface area contributed by atoms with Crippen LogP contribution in [0.25, 0.3) is 11.3 Å². The molecule has 6 rings (SSSR count). The molecule has 9 N–H and O–H groups in total. The Bertz CT molecular complexity index is 1810. The van der Waals surface area contributed by atoms with Crippen LogP contribution in [-0.4, -0.2) is 105 Å². The molecule has 2 aliphatic rings. The normalized spacial score (nSPS) is 17.7. The number of carbonyl (C=O) groups is 1. The lowest BCUT2D eigenvalue weighted by molar-refractivity contribution is 0.0528. The zero-order valence-corrected chi connectivity index (χ0v) is 33.3. The molecule has 2 atom stereocenters. The van der Waals surface area contributed by atoms with E-state index < -0.39 is 11.7 Å². The third kappa shape index (κ3) is 9.14. The lowest BCUT2D eigenvalue weighted by Crippen LogP contribution is -2.40. The van der Waals surface area contributed by atoms with Crippen molar-refractivity contribution >= 4 is 72.5 Å². The van der Waals surface area contributed by atoms with Crippen molar-refractivity contribution in [2.24, 2.45) is 5.73 Å². The summed E-state index contributed by atoms with van der Waals surface area (Å²) in [6.07, 6.45) is 7.08. The summed E-state index contributed by atoms with van der Waals surface area (Å²) in [5.41, 5.74) is 21.4. The van der Waals surface area contributed by atoms with Crippen molar-refractivity contribution in [2.45, 2.75) is 78.0 Å². The molecule has 0 spiro atoms.